The van der Waals surface area contributed by atoms with Gasteiger partial charge in [-0.05, 0) is 25.5 Å². The first-order valence-corrected chi connectivity index (χ1v) is 6.14. The van der Waals surface area contributed by atoms with Crippen molar-refractivity contribution in [3.05, 3.63) is 34.9 Å². The molecule has 0 aliphatic heterocycles. The first kappa shape index (κ1) is 13.3. The third-order valence-electron chi connectivity index (χ3n) is 2.70. The lowest BCUT2D eigenvalue weighted by molar-refractivity contribution is -0.121. The Morgan fingerprint density at radius 1 is 1.53 bits per heavy atom. The molecule has 102 valence electrons. The number of nitrogens with one attached hydrogen (secondary N) is 1. The lowest BCUT2D eigenvalue weighted by Crippen LogP contribution is -2.34. The Labute approximate surface area is 110 Å². The van der Waals surface area contributed by atoms with E-state index in [4.69, 9.17) is 5.73 Å². The third kappa shape index (κ3) is 3.19. The largest absolute Gasteiger partial charge is 0.354 e. The van der Waals surface area contributed by atoms with E-state index in [0.29, 0.717) is 18.6 Å². The lowest BCUT2D eigenvalue weighted by Gasteiger charge is -2.06. The summed E-state index contributed by atoms with van der Waals surface area (Å²) in [6.07, 6.45) is 2.32. The number of carbonyl (C=O) groups excluding carboxylic acids is 1. The molecule has 2 rings (SSSR count). The molecule has 1 atom stereocenters. The molecule has 1 unspecified atom stereocenters. The fourth-order valence-corrected chi connectivity index (χ4v) is 1.70. The number of rotatable bonds is 5. The number of fused-ring (bicyclic) bond motifs is 1. The SMILES string of the molecule is CC(N)CCNC(=O)Cn1nc2ccccn2c1=O. The van der Waals surface area contributed by atoms with Crippen LogP contribution in [-0.4, -0.2) is 32.7 Å². The summed E-state index contributed by atoms with van der Waals surface area (Å²) in [5.41, 5.74) is 5.79. The van der Waals surface area contributed by atoms with Gasteiger partial charge in [0.1, 0.15) is 6.54 Å². The maximum absolute atomic E-state index is 11.9. The van der Waals surface area contributed by atoms with Gasteiger partial charge in [-0.3, -0.25) is 9.20 Å². The number of carbonyl (C=O) groups is 1. The van der Waals surface area contributed by atoms with Gasteiger partial charge in [-0.1, -0.05) is 6.07 Å². The van der Waals surface area contributed by atoms with Gasteiger partial charge in [0.05, 0.1) is 0 Å². The first-order valence-electron chi connectivity index (χ1n) is 6.14. The monoisotopic (exact) mass is 263 g/mol. The Balaban J connectivity index is 2.03. The number of nitrogens with two attached hydrogens (primary N) is 1. The van der Waals surface area contributed by atoms with Gasteiger partial charge in [-0.15, -0.1) is 5.10 Å². The van der Waals surface area contributed by atoms with Crippen molar-refractivity contribution in [2.24, 2.45) is 5.73 Å². The summed E-state index contributed by atoms with van der Waals surface area (Å²) in [7, 11) is 0. The maximum atomic E-state index is 11.9. The molecule has 3 N–H and O–H groups in total. The molecule has 0 fully saturated rings. The second-order valence-electron chi connectivity index (χ2n) is 4.48. The highest BCUT2D eigenvalue weighted by Gasteiger charge is 2.09. The van der Waals surface area contributed by atoms with Gasteiger partial charge in [0, 0.05) is 18.8 Å². The average Bonchev–Trinajstić information content (AvgIpc) is 2.66. The lowest BCUT2D eigenvalue weighted by atomic mass is 10.2. The van der Waals surface area contributed by atoms with E-state index in [1.54, 1.807) is 24.4 Å². The Morgan fingerprint density at radius 3 is 3.00 bits per heavy atom. The molecule has 0 aliphatic carbocycles. The van der Waals surface area contributed by atoms with E-state index in [2.05, 4.69) is 10.4 Å². The van der Waals surface area contributed by atoms with Crippen LogP contribution in [0.25, 0.3) is 5.65 Å². The second kappa shape index (κ2) is 5.66. The number of pyridine rings is 1. The van der Waals surface area contributed by atoms with Gasteiger partial charge in [0.15, 0.2) is 5.65 Å². The number of aromatic nitrogens is 3. The Morgan fingerprint density at radius 2 is 2.32 bits per heavy atom. The van der Waals surface area contributed by atoms with Crippen LogP contribution in [0, 0.1) is 0 Å². The molecule has 2 aromatic heterocycles. The van der Waals surface area contributed by atoms with Crippen LogP contribution in [0.4, 0.5) is 0 Å². The predicted molar refractivity (Wildman–Crippen MR) is 70.7 cm³/mol. The van der Waals surface area contributed by atoms with Crippen LogP contribution in [-0.2, 0) is 11.3 Å². The molecule has 0 saturated carbocycles. The quantitative estimate of drug-likeness (QED) is 0.749. The summed E-state index contributed by atoms with van der Waals surface area (Å²) in [5.74, 6) is -0.244. The Bertz CT molecular complexity index is 628. The predicted octanol–water partition coefficient (Wildman–Crippen LogP) is -0.650. The van der Waals surface area contributed by atoms with Gasteiger partial charge in [-0.25, -0.2) is 9.48 Å². The summed E-state index contributed by atoms with van der Waals surface area (Å²) >= 11 is 0. The van der Waals surface area contributed by atoms with Crippen LogP contribution < -0.4 is 16.7 Å². The van der Waals surface area contributed by atoms with Crippen molar-refractivity contribution >= 4 is 11.6 Å². The highest BCUT2D eigenvalue weighted by molar-refractivity contribution is 5.75. The molecule has 19 heavy (non-hydrogen) atoms. The number of hydrogen-bond donors (Lipinski definition) is 2. The minimum absolute atomic E-state index is 0.0400. The zero-order chi connectivity index (χ0) is 13.8. The molecule has 2 aromatic rings. The Kier molecular flexibility index (Phi) is 3.96. The molecular weight excluding hydrogens is 246 g/mol. The van der Waals surface area contributed by atoms with E-state index in [1.165, 1.54) is 4.40 Å². The number of nitrogens with zero attached hydrogens (tertiary/aromatic N) is 3. The van der Waals surface area contributed by atoms with Crippen LogP contribution in [0.1, 0.15) is 13.3 Å². The molecule has 0 aromatic carbocycles. The summed E-state index contributed by atoms with van der Waals surface area (Å²) < 4.78 is 2.55. The van der Waals surface area contributed by atoms with Gasteiger partial charge < -0.3 is 11.1 Å². The van der Waals surface area contributed by atoms with E-state index >= 15 is 0 Å². The van der Waals surface area contributed by atoms with Gasteiger partial charge in [0.25, 0.3) is 0 Å². The summed E-state index contributed by atoms with van der Waals surface area (Å²) in [6.45, 7) is 2.29. The van der Waals surface area contributed by atoms with Crippen molar-refractivity contribution in [2.75, 3.05) is 6.54 Å². The van der Waals surface area contributed by atoms with Crippen molar-refractivity contribution in [3.63, 3.8) is 0 Å². The van der Waals surface area contributed by atoms with E-state index < -0.39 is 0 Å². The molecule has 1 amide bonds. The number of hydrogen-bond acceptors (Lipinski definition) is 4. The normalized spacial score (nSPS) is 12.5. The molecule has 0 spiro atoms. The second-order valence-corrected chi connectivity index (χ2v) is 4.48. The molecule has 0 bridgehead atoms. The molecule has 7 nitrogen and oxygen atoms in total. The smallest absolute Gasteiger partial charge is 0.350 e. The molecule has 2 heterocycles. The van der Waals surface area contributed by atoms with E-state index in [0.717, 1.165) is 4.68 Å². The topological polar surface area (TPSA) is 94.4 Å². The van der Waals surface area contributed by atoms with E-state index in [9.17, 15) is 9.59 Å². The highest BCUT2D eigenvalue weighted by Crippen LogP contribution is 1.94. The zero-order valence-electron chi connectivity index (χ0n) is 10.7. The standard InChI is InChI=1S/C12H17N5O2/c1-9(13)5-6-14-11(18)8-17-12(19)16-7-3-2-4-10(16)15-17/h2-4,7,9H,5-6,8,13H2,1H3,(H,14,18). The van der Waals surface area contributed by atoms with Gasteiger partial charge >= 0.3 is 5.69 Å². The minimum atomic E-state index is -0.321. The van der Waals surface area contributed by atoms with Crippen LogP contribution >= 0.6 is 0 Å². The van der Waals surface area contributed by atoms with Gasteiger partial charge in [-0.2, -0.15) is 0 Å². The fraction of sp³-hybridized carbons (Fsp3) is 0.417. The number of amides is 1. The molecule has 0 saturated heterocycles. The fourth-order valence-electron chi connectivity index (χ4n) is 1.70. The molecule has 0 radical (unpaired) electrons. The first-order chi connectivity index (χ1) is 9.08. The van der Waals surface area contributed by atoms with E-state index in [-0.39, 0.29) is 24.2 Å². The van der Waals surface area contributed by atoms with Crippen molar-refractivity contribution in [1.82, 2.24) is 19.5 Å². The van der Waals surface area contributed by atoms with Crippen LogP contribution in [0.2, 0.25) is 0 Å². The zero-order valence-corrected chi connectivity index (χ0v) is 10.7. The van der Waals surface area contributed by atoms with Gasteiger partial charge in [0.2, 0.25) is 5.91 Å². The van der Waals surface area contributed by atoms with Crippen molar-refractivity contribution in [2.45, 2.75) is 25.9 Å². The average molecular weight is 263 g/mol. The summed E-state index contributed by atoms with van der Waals surface area (Å²) in [5, 5.41) is 6.78. The molecular formula is C12H17N5O2. The van der Waals surface area contributed by atoms with Crippen LogP contribution in [0.3, 0.4) is 0 Å². The van der Waals surface area contributed by atoms with Crippen molar-refractivity contribution < 1.29 is 4.79 Å². The molecule has 0 aliphatic rings. The van der Waals surface area contributed by atoms with Crippen LogP contribution in [0.15, 0.2) is 29.2 Å². The summed E-state index contributed by atoms with van der Waals surface area (Å²) in [6, 6.07) is 5.28. The van der Waals surface area contributed by atoms with Crippen LogP contribution in [0.5, 0.6) is 0 Å². The molecule has 7 heteroatoms. The van der Waals surface area contributed by atoms with Crippen molar-refractivity contribution in [3.8, 4) is 0 Å². The maximum Gasteiger partial charge on any atom is 0.350 e. The minimum Gasteiger partial charge on any atom is -0.354 e. The van der Waals surface area contributed by atoms with Crippen molar-refractivity contribution in [1.29, 1.82) is 0 Å². The van der Waals surface area contributed by atoms with E-state index in [1.807, 2.05) is 6.92 Å². The third-order valence-corrected chi connectivity index (χ3v) is 2.70. The summed E-state index contributed by atoms with van der Waals surface area (Å²) in [4.78, 5) is 23.6. The Hall–Kier alpha value is -2.15. The highest BCUT2D eigenvalue weighted by atomic mass is 16.2.